The molecule has 72 valence electrons. The minimum absolute atomic E-state index is 0.160. The molecule has 0 spiro atoms. The van der Waals surface area contributed by atoms with Gasteiger partial charge in [-0.3, -0.25) is 0 Å². The van der Waals surface area contributed by atoms with Crippen LogP contribution in [0.4, 0.5) is 0 Å². The Kier molecular flexibility index (Phi) is 7.11. The quantitative estimate of drug-likeness (QED) is 0.492. The monoisotopic (exact) mass is 172 g/mol. The lowest BCUT2D eigenvalue weighted by Crippen LogP contribution is -2.17. The van der Waals surface area contributed by atoms with Crippen LogP contribution in [0, 0.1) is 0 Å². The van der Waals surface area contributed by atoms with Gasteiger partial charge in [0.2, 0.25) is 0 Å². The fourth-order valence-corrected chi connectivity index (χ4v) is 1.01. The summed E-state index contributed by atoms with van der Waals surface area (Å²) in [7, 11) is 0. The summed E-state index contributed by atoms with van der Waals surface area (Å²) >= 11 is 0. The van der Waals surface area contributed by atoms with Crippen molar-refractivity contribution in [3.8, 4) is 0 Å². The molecule has 2 heteroatoms. The molecule has 0 fully saturated rings. The second-order valence-electron chi connectivity index (χ2n) is 2.88. The number of aliphatic hydroxyl groups excluding tert-OH is 1. The average molecular weight is 172 g/mol. The van der Waals surface area contributed by atoms with E-state index >= 15 is 0 Å². The molecule has 0 amide bonds. The Morgan fingerprint density at radius 3 is 2.42 bits per heavy atom. The second-order valence-corrected chi connectivity index (χ2v) is 2.88. The van der Waals surface area contributed by atoms with Gasteiger partial charge in [-0.15, -0.1) is 0 Å². The van der Waals surface area contributed by atoms with Crippen LogP contribution in [0.5, 0.6) is 0 Å². The molecule has 2 atom stereocenters. The minimum atomic E-state index is -0.648. The highest BCUT2D eigenvalue weighted by atomic mass is 16.6. The number of allylic oxidation sites excluding steroid dienone is 1. The summed E-state index contributed by atoms with van der Waals surface area (Å²) in [5.74, 6) is 0. The zero-order valence-electron chi connectivity index (χ0n) is 8.29. The number of aliphatic hydroxyl groups is 1. The summed E-state index contributed by atoms with van der Waals surface area (Å²) in [6.07, 6.45) is 6.64. The van der Waals surface area contributed by atoms with E-state index in [4.69, 9.17) is 9.84 Å². The molecule has 2 nitrogen and oxygen atoms in total. The minimum Gasteiger partial charge on any atom is -0.368 e. The lowest BCUT2D eigenvalue weighted by molar-refractivity contribution is -0.123. The lowest BCUT2D eigenvalue weighted by Gasteiger charge is -2.15. The first-order valence-corrected chi connectivity index (χ1v) is 4.69. The largest absolute Gasteiger partial charge is 0.368 e. The lowest BCUT2D eigenvalue weighted by atomic mass is 10.2. The van der Waals surface area contributed by atoms with E-state index in [1.54, 1.807) is 6.92 Å². The van der Waals surface area contributed by atoms with Gasteiger partial charge in [0.15, 0.2) is 6.29 Å². The zero-order chi connectivity index (χ0) is 9.40. The topological polar surface area (TPSA) is 29.5 Å². The van der Waals surface area contributed by atoms with Gasteiger partial charge in [-0.1, -0.05) is 26.0 Å². The first-order chi connectivity index (χ1) is 5.70. The smallest absolute Gasteiger partial charge is 0.152 e. The molecule has 0 rings (SSSR count). The maximum Gasteiger partial charge on any atom is 0.152 e. The van der Waals surface area contributed by atoms with Gasteiger partial charge < -0.3 is 9.84 Å². The van der Waals surface area contributed by atoms with Gasteiger partial charge in [0.25, 0.3) is 0 Å². The third kappa shape index (κ3) is 6.38. The molecule has 0 aliphatic carbocycles. The van der Waals surface area contributed by atoms with Crippen LogP contribution in [-0.4, -0.2) is 17.5 Å². The summed E-state index contributed by atoms with van der Waals surface area (Å²) in [6, 6.07) is 0. The van der Waals surface area contributed by atoms with Crippen molar-refractivity contribution < 1.29 is 9.84 Å². The van der Waals surface area contributed by atoms with E-state index in [1.165, 1.54) is 0 Å². The summed E-state index contributed by atoms with van der Waals surface area (Å²) < 4.78 is 5.25. The molecule has 0 saturated heterocycles. The number of hydrogen-bond acceptors (Lipinski definition) is 2. The van der Waals surface area contributed by atoms with Gasteiger partial charge >= 0.3 is 0 Å². The van der Waals surface area contributed by atoms with Crippen LogP contribution in [0.2, 0.25) is 0 Å². The van der Waals surface area contributed by atoms with E-state index in [-0.39, 0.29) is 6.10 Å². The van der Waals surface area contributed by atoms with Gasteiger partial charge in [0.1, 0.15) is 0 Å². The van der Waals surface area contributed by atoms with Crippen molar-refractivity contribution in [2.24, 2.45) is 0 Å². The van der Waals surface area contributed by atoms with Gasteiger partial charge in [-0.05, 0) is 26.2 Å². The maximum atomic E-state index is 8.96. The van der Waals surface area contributed by atoms with Crippen LogP contribution in [0.15, 0.2) is 12.2 Å². The van der Waals surface area contributed by atoms with E-state index in [2.05, 4.69) is 26.0 Å². The zero-order valence-corrected chi connectivity index (χ0v) is 8.29. The van der Waals surface area contributed by atoms with Crippen molar-refractivity contribution in [1.29, 1.82) is 0 Å². The van der Waals surface area contributed by atoms with Crippen LogP contribution < -0.4 is 0 Å². The van der Waals surface area contributed by atoms with Crippen molar-refractivity contribution in [1.82, 2.24) is 0 Å². The van der Waals surface area contributed by atoms with Gasteiger partial charge in [0.05, 0.1) is 6.10 Å². The highest BCUT2D eigenvalue weighted by molar-refractivity contribution is 4.83. The van der Waals surface area contributed by atoms with E-state index in [9.17, 15) is 0 Å². The van der Waals surface area contributed by atoms with E-state index in [1.807, 2.05) is 0 Å². The Hall–Kier alpha value is -0.340. The molecule has 0 aromatic heterocycles. The van der Waals surface area contributed by atoms with E-state index in [0.29, 0.717) is 0 Å². The molecule has 0 saturated carbocycles. The third-order valence-electron chi connectivity index (χ3n) is 1.65. The van der Waals surface area contributed by atoms with E-state index < -0.39 is 6.29 Å². The Balaban J connectivity index is 3.60. The molecular formula is C10H20O2. The van der Waals surface area contributed by atoms with Crippen molar-refractivity contribution in [2.45, 2.75) is 52.4 Å². The molecule has 0 aliphatic rings. The normalized spacial score (nSPS) is 16.7. The molecule has 2 unspecified atom stereocenters. The van der Waals surface area contributed by atoms with Crippen LogP contribution >= 0.6 is 0 Å². The first-order valence-electron chi connectivity index (χ1n) is 4.69. The SMILES string of the molecule is CCC=CCC(CC)OC(C)O. The Morgan fingerprint density at radius 1 is 1.33 bits per heavy atom. The summed E-state index contributed by atoms with van der Waals surface area (Å²) in [5, 5.41) is 8.96. The third-order valence-corrected chi connectivity index (χ3v) is 1.65. The fraction of sp³-hybridized carbons (Fsp3) is 0.800. The molecule has 12 heavy (non-hydrogen) atoms. The Labute approximate surface area is 75.2 Å². The predicted molar refractivity (Wildman–Crippen MR) is 50.9 cm³/mol. The second kappa shape index (κ2) is 7.32. The standard InChI is InChI=1S/C10H20O2/c1-4-6-7-8-10(5-2)12-9(3)11/h6-7,9-11H,4-5,8H2,1-3H3. The number of rotatable bonds is 6. The van der Waals surface area contributed by atoms with Gasteiger partial charge in [-0.25, -0.2) is 0 Å². The molecule has 1 N–H and O–H groups in total. The molecule has 0 radical (unpaired) electrons. The van der Waals surface area contributed by atoms with Crippen molar-refractivity contribution in [3.05, 3.63) is 12.2 Å². The highest BCUT2D eigenvalue weighted by Crippen LogP contribution is 2.06. The summed E-state index contributed by atoms with van der Waals surface area (Å²) in [5.41, 5.74) is 0. The van der Waals surface area contributed by atoms with Gasteiger partial charge in [0, 0.05) is 0 Å². The summed E-state index contributed by atoms with van der Waals surface area (Å²) in [4.78, 5) is 0. The summed E-state index contributed by atoms with van der Waals surface area (Å²) in [6.45, 7) is 5.81. The molecule has 0 aliphatic heterocycles. The molecule has 0 bridgehead atoms. The number of hydrogen-bond donors (Lipinski definition) is 1. The predicted octanol–water partition coefficient (Wildman–Crippen LogP) is 2.48. The van der Waals surface area contributed by atoms with Crippen molar-refractivity contribution >= 4 is 0 Å². The van der Waals surface area contributed by atoms with Crippen molar-refractivity contribution in [3.63, 3.8) is 0 Å². The van der Waals surface area contributed by atoms with Crippen molar-refractivity contribution in [2.75, 3.05) is 0 Å². The average Bonchev–Trinajstić information content (AvgIpc) is 2.02. The Bertz CT molecular complexity index is 119. The fourth-order valence-electron chi connectivity index (χ4n) is 1.01. The molecule has 0 heterocycles. The van der Waals surface area contributed by atoms with Gasteiger partial charge in [-0.2, -0.15) is 0 Å². The highest BCUT2D eigenvalue weighted by Gasteiger charge is 2.06. The number of ether oxygens (including phenoxy) is 1. The maximum absolute atomic E-state index is 8.96. The van der Waals surface area contributed by atoms with Crippen LogP contribution in [-0.2, 0) is 4.74 Å². The van der Waals surface area contributed by atoms with Crippen LogP contribution in [0.25, 0.3) is 0 Å². The molecule has 0 aromatic rings. The van der Waals surface area contributed by atoms with Crippen LogP contribution in [0.3, 0.4) is 0 Å². The molecular weight excluding hydrogens is 152 g/mol. The Morgan fingerprint density at radius 2 is 2.00 bits per heavy atom. The van der Waals surface area contributed by atoms with Crippen LogP contribution in [0.1, 0.15) is 40.0 Å². The molecule has 0 aromatic carbocycles. The first kappa shape index (κ1) is 11.7. The van der Waals surface area contributed by atoms with E-state index in [0.717, 1.165) is 19.3 Å².